The molecule has 0 radical (unpaired) electrons. The Hall–Kier alpha value is -1.33. The zero-order valence-electron chi connectivity index (χ0n) is 9.61. The number of halogens is 1. The maximum Gasteiger partial charge on any atom is 0.181 e. The zero-order chi connectivity index (χ0) is 12.5. The fourth-order valence-corrected chi connectivity index (χ4v) is 3.56. The Balaban J connectivity index is 1.83. The van der Waals surface area contributed by atoms with Gasteiger partial charge in [-0.2, -0.15) is 0 Å². The third-order valence-electron chi connectivity index (χ3n) is 2.96. The van der Waals surface area contributed by atoms with E-state index >= 15 is 0 Å². The number of H-pyrrole nitrogens is 1. The van der Waals surface area contributed by atoms with E-state index in [0.717, 1.165) is 17.4 Å². The number of para-hydroxylation sites is 1. The van der Waals surface area contributed by atoms with E-state index in [4.69, 9.17) is 5.73 Å². The molecule has 3 N–H and O–H groups in total. The van der Waals surface area contributed by atoms with Crippen molar-refractivity contribution >= 4 is 43.3 Å². The molecular formula is C13H12BrN3S. The molecular weight excluding hydrogens is 310 g/mol. The number of aromatic amines is 1. The van der Waals surface area contributed by atoms with Crippen LogP contribution in [0.2, 0.25) is 0 Å². The molecule has 3 nitrogen and oxygen atoms in total. The number of hydrogen-bond acceptors (Lipinski definition) is 3. The number of nitrogen functional groups attached to an aromatic ring is 1. The van der Waals surface area contributed by atoms with Crippen molar-refractivity contribution in [1.82, 2.24) is 9.97 Å². The largest absolute Gasteiger partial charge is 0.375 e. The van der Waals surface area contributed by atoms with Crippen molar-refractivity contribution in [3.05, 3.63) is 45.5 Å². The maximum absolute atomic E-state index is 5.69. The molecule has 92 valence electrons. The van der Waals surface area contributed by atoms with E-state index < -0.39 is 0 Å². The molecule has 0 spiro atoms. The summed E-state index contributed by atoms with van der Waals surface area (Å²) in [6, 6.07) is 8.36. The lowest BCUT2D eigenvalue weighted by atomic mass is 10.1. The van der Waals surface area contributed by atoms with Gasteiger partial charge in [-0.15, -0.1) is 11.3 Å². The lowest BCUT2D eigenvalue weighted by Crippen LogP contribution is -1.88. The van der Waals surface area contributed by atoms with Crippen LogP contribution in [0.5, 0.6) is 0 Å². The maximum atomic E-state index is 5.69. The quantitative estimate of drug-likeness (QED) is 0.771. The van der Waals surface area contributed by atoms with Gasteiger partial charge in [-0.25, -0.2) is 4.98 Å². The number of nitrogens with two attached hydrogens (primary N) is 1. The van der Waals surface area contributed by atoms with E-state index in [0.29, 0.717) is 5.13 Å². The molecule has 0 fully saturated rings. The molecule has 0 bridgehead atoms. The number of fused-ring (bicyclic) bond motifs is 1. The van der Waals surface area contributed by atoms with Crippen LogP contribution < -0.4 is 5.73 Å². The second kappa shape index (κ2) is 4.74. The van der Waals surface area contributed by atoms with Crippen LogP contribution in [0, 0.1) is 0 Å². The predicted molar refractivity (Wildman–Crippen MR) is 79.9 cm³/mol. The summed E-state index contributed by atoms with van der Waals surface area (Å²) in [5, 5.41) is 1.92. The molecule has 0 aliphatic heterocycles. The topological polar surface area (TPSA) is 54.7 Å². The van der Waals surface area contributed by atoms with E-state index in [2.05, 4.69) is 50.3 Å². The smallest absolute Gasteiger partial charge is 0.181 e. The van der Waals surface area contributed by atoms with Gasteiger partial charge in [-0.1, -0.05) is 18.2 Å². The van der Waals surface area contributed by atoms with Gasteiger partial charge in [0.15, 0.2) is 5.13 Å². The Bertz CT molecular complexity index is 686. The first kappa shape index (κ1) is 11.7. The van der Waals surface area contributed by atoms with E-state index in [9.17, 15) is 0 Å². The number of hydrogen-bond donors (Lipinski definition) is 2. The summed E-state index contributed by atoms with van der Waals surface area (Å²) in [6.45, 7) is 0. The molecule has 0 aliphatic rings. The summed E-state index contributed by atoms with van der Waals surface area (Å²) in [5.74, 6) is 0. The van der Waals surface area contributed by atoms with Gasteiger partial charge in [0.1, 0.15) is 4.60 Å². The first-order chi connectivity index (χ1) is 8.74. The van der Waals surface area contributed by atoms with Gasteiger partial charge in [-0.05, 0) is 40.4 Å². The van der Waals surface area contributed by atoms with Gasteiger partial charge in [0.25, 0.3) is 0 Å². The number of aromatic nitrogens is 2. The molecule has 0 atom stereocenters. The summed E-state index contributed by atoms with van der Waals surface area (Å²) in [4.78, 5) is 8.68. The van der Waals surface area contributed by atoms with Gasteiger partial charge < -0.3 is 10.7 Å². The van der Waals surface area contributed by atoms with Crippen molar-refractivity contribution in [1.29, 1.82) is 0 Å². The Kier molecular flexibility index (Phi) is 3.09. The zero-order valence-corrected chi connectivity index (χ0v) is 12.0. The van der Waals surface area contributed by atoms with E-state index in [-0.39, 0.29) is 0 Å². The van der Waals surface area contributed by atoms with Gasteiger partial charge in [-0.3, -0.25) is 0 Å². The normalized spacial score (nSPS) is 11.2. The molecule has 2 aromatic heterocycles. The molecule has 18 heavy (non-hydrogen) atoms. The van der Waals surface area contributed by atoms with Crippen molar-refractivity contribution in [3.8, 4) is 0 Å². The lowest BCUT2D eigenvalue weighted by Gasteiger charge is -1.98. The first-order valence-electron chi connectivity index (χ1n) is 5.69. The second-order valence-corrected chi connectivity index (χ2v) is 5.99. The molecule has 3 rings (SSSR count). The summed E-state index contributed by atoms with van der Waals surface area (Å²) >= 11 is 4.99. The second-order valence-electron chi connectivity index (χ2n) is 4.13. The highest BCUT2D eigenvalue weighted by molar-refractivity contribution is 9.10. The van der Waals surface area contributed by atoms with Crippen molar-refractivity contribution in [3.63, 3.8) is 0 Å². The average Bonchev–Trinajstić information content (AvgIpc) is 2.90. The lowest BCUT2D eigenvalue weighted by molar-refractivity contribution is 0.978. The standard InChI is InChI=1S/C13H12BrN3S/c14-12-11(18-13(15)17-12)6-5-8-7-16-10-4-2-1-3-9(8)10/h1-4,7,16H,5-6H2,(H2,15,17). The average molecular weight is 322 g/mol. The van der Waals surface area contributed by atoms with Gasteiger partial charge in [0.05, 0.1) is 0 Å². The Morgan fingerprint density at radius 3 is 2.89 bits per heavy atom. The molecule has 0 amide bonds. The van der Waals surface area contributed by atoms with Crippen LogP contribution in [0.15, 0.2) is 35.1 Å². The number of nitrogens with zero attached hydrogens (tertiary/aromatic N) is 1. The minimum absolute atomic E-state index is 0.621. The molecule has 0 aliphatic carbocycles. The first-order valence-corrected chi connectivity index (χ1v) is 7.30. The molecule has 0 saturated carbocycles. The highest BCUT2D eigenvalue weighted by Gasteiger charge is 2.08. The Morgan fingerprint density at radius 2 is 2.11 bits per heavy atom. The minimum atomic E-state index is 0.621. The van der Waals surface area contributed by atoms with Gasteiger partial charge in [0.2, 0.25) is 0 Å². The Morgan fingerprint density at radius 1 is 1.28 bits per heavy atom. The number of benzene rings is 1. The molecule has 5 heteroatoms. The number of nitrogens with one attached hydrogen (secondary N) is 1. The molecule has 0 unspecified atom stereocenters. The number of rotatable bonds is 3. The molecule has 0 saturated heterocycles. The van der Waals surface area contributed by atoms with Crippen LogP contribution in [0.25, 0.3) is 10.9 Å². The van der Waals surface area contributed by atoms with Gasteiger partial charge in [0, 0.05) is 22.0 Å². The van der Waals surface area contributed by atoms with Crippen molar-refractivity contribution < 1.29 is 0 Å². The van der Waals surface area contributed by atoms with Crippen molar-refractivity contribution in [2.24, 2.45) is 0 Å². The van der Waals surface area contributed by atoms with Crippen LogP contribution in [0.1, 0.15) is 10.4 Å². The van der Waals surface area contributed by atoms with Crippen LogP contribution >= 0.6 is 27.3 Å². The number of anilines is 1. The summed E-state index contributed by atoms with van der Waals surface area (Å²) in [7, 11) is 0. The summed E-state index contributed by atoms with van der Waals surface area (Å²) in [5.41, 5.74) is 8.22. The summed E-state index contributed by atoms with van der Waals surface area (Å²) in [6.07, 6.45) is 4.03. The highest BCUT2D eigenvalue weighted by atomic mass is 79.9. The Labute approximate surface area is 117 Å². The van der Waals surface area contributed by atoms with E-state index in [1.807, 2.05) is 6.07 Å². The van der Waals surface area contributed by atoms with E-state index in [1.54, 1.807) is 11.3 Å². The molecule has 2 heterocycles. The van der Waals surface area contributed by atoms with Crippen LogP contribution in [-0.4, -0.2) is 9.97 Å². The summed E-state index contributed by atoms with van der Waals surface area (Å²) < 4.78 is 0.879. The van der Waals surface area contributed by atoms with E-state index in [1.165, 1.54) is 21.3 Å². The van der Waals surface area contributed by atoms with Crippen LogP contribution in [0.4, 0.5) is 5.13 Å². The molecule has 3 aromatic rings. The third-order valence-corrected chi connectivity index (χ3v) is 4.83. The predicted octanol–water partition coefficient (Wildman–Crippen LogP) is 3.75. The van der Waals surface area contributed by atoms with Crippen molar-refractivity contribution in [2.45, 2.75) is 12.8 Å². The van der Waals surface area contributed by atoms with Crippen LogP contribution in [0.3, 0.4) is 0 Å². The monoisotopic (exact) mass is 321 g/mol. The van der Waals surface area contributed by atoms with Gasteiger partial charge >= 0.3 is 0 Å². The highest BCUT2D eigenvalue weighted by Crippen LogP contribution is 2.27. The minimum Gasteiger partial charge on any atom is -0.375 e. The number of aryl methyl sites for hydroxylation is 2. The van der Waals surface area contributed by atoms with Crippen molar-refractivity contribution in [2.75, 3.05) is 5.73 Å². The third kappa shape index (κ3) is 2.15. The fourth-order valence-electron chi connectivity index (χ4n) is 2.09. The SMILES string of the molecule is Nc1nc(Br)c(CCc2c[nH]c3ccccc23)s1. The van der Waals surface area contributed by atoms with Crippen LogP contribution in [-0.2, 0) is 12.8 Å². The fraction of sp³-hybridized carbons (Fsp3) is 0.154. The molecule has 1 aromatic carbocycles. The number of thiazole rings is 1.